The Bertz CT molecular complexity index is 470. The number of rotatable bonds is 1. The van der Waals surface area contributed by atoms with E-state index < -0.39 is 0 Å². The van der Waals surface area contributed by atoms with E-state index in [4.69, 9.17) is 4.74 Å². The van der Waals surface area contributed by atoms with Crippen molar-refractivity contribution in [1.82, 2.24) is 0 Å². The van der Waals surface area contributed by atoms with Crippen molar-refractivity contribution in [3.05, 3.63) is 0 Å². The van der Waals surface area contributed by atoms with Gasteiger partial charge in [0.25, 0.3) is 0 Å². The molecule has 2 heteroatoms. The lowest BCUT2D eigenvalue weighted by Gasteiger charge is -2.60. The molecule has 2 nitrogen and oxygen atoms in total. The summed E-state index contributed by atoms with van der Waals surface area (Å²) >= 11 is 0. The molecule has 1 saturated heterocycles. The van der Waals surface area contributed by atoms with Crippen molar-refractivity contribution in [2.75, 3.05) is 13.2 Å². The highest BCUT2D eigenvalue weighted by atomic mass is 16.6. The summed E-state index contributed by atoms with van der Waals surface area (Å²) in [5, 5.41) is 10.4. The van der Waals surface area contributed by atoms with Gasteiger partial charge in [0.1, 0.15) is 0 Å². The fraction of sp³-hybridized carbons (Fsp3) is 1.00. The molecule has 124 valence electrons. The number of ether oxygens (including phenoxy) is 1. The molecule has 4 aliphatic carbocycles. The third kappa shape index (κ3) is 1.55. The first-order valence-electron chi connectivity index (χ1n) is 9.90. The second-order valence-corrected chi connectivity index (χ2v) is 9.57. The first kappa shape index (κ1) is 14.3. The molecule has 1 aliphatic heterocycles. The minimum atomic E-state index is 0.276. The molecule has 0 amide bonds. The van der Waals surface area contributed by atoms with Crippen LogP contribution < -0.4 is 0 Å². The summed E-state index contributed by atoms with van der Waals surface area (Å²) in [6, 6.07) is 0. The smallest absolute Gasteiger partial charge is 0.0972 e. The molecule has 22 heavy (non-hydrogen) atoms. The van der Waals surface area contributed by atoms with Crippen LogP contribution in [0.15, 0.2) is 0 Å². The highest BCUT2D eigenvalue weighted by Gasteiger charge is 2.70. The summed E-state index contributed by atoms with van der Waals surface area (Å²) in [6.07, 6.45) is 13.7. The van der Waals surface area contributed by atoms with E-state index in [0.29, 0.717) is 17.4 Å². The van der Waals surface area contributed by atoms with E-state index in [9.17, 15) is 5.11 Å². The first-order valence-corrected chi connectivity index (χ1v) is 9.90. The van der Waals surface area contributed by atoms with Crippen LogP contribution in [-0.2, 0) is 4.74 Å². The maximum Gasteiger partial charge on any atom is 0.0972 e. The van der Waals surface area contributed by atoms with E-state index in [1.54, 1.807) is 0 Å². The fourth-order valence-corrected chi connectivity index (χ4v) is 8.03. The molecule has 1 heterocycles. The van der Waals surface area contributed by atoms with Gasteiger partial charge in [0, 0.05) is 12.0 Å². The second-order valence-electron chi connectivity index (χ2n) is 9.57. The Kier molecular flexibility index (Phi) is 2.92. The maximum absolute atomic E-state index is 10.4. The van der Waals surface area contributed by atoms with Gasteiger partial charge >= 0.3 is 0 Å². The second kappa shape index (κ2) is 4.51. The number of fused-ring (bicyclic) bond motifs is 6. The summed E-state index contributed by atoms with van der Waals surface area (Å²) in [6.45, 7) is 4.04. The fourth-order valence-electron chi connectivity index (χ4n) is 8.03. The average Bonchev–Trinajstić information content (AvgIpc) is 3.28. The van der Waals surface area contributed by atoms with Crippen molar-refractivity contribution in [2.24, 2.45) is 34.5 Å². The minimum Gasteiger partial charge on any atom is -0.396 e. The molecule has 0 radical (unpaired) electrons. The molecular formula is C20H32O2. The van der Waals surface area contributed by atoms with Gasteiger partial charge in [-0.3, -0.25) is 0 Å². The van der Waals surface area contributed by atoms with E-state index in [-0.39, 0.29) is 5.60 Å². The molecule has 0 aromatic heterocycles. The molecule has 1 N–H and O–H groups in total. The van der Waals surface area contributed by atoms with Gasteiger partial charge in [-0.05, 0) is 80.5 Å². The van der Waals surface area contributed by atoms with Crippen molar-refractivity contribution in [3.63, 3.8) is 0 Å². The van der Waals surface area contributed by atoms with Gasteiger partial charge in [-0.15, -0.1) is 0 Å². The molecule has 0 aromatic rings. The Balaban J connectivity index is 1.50. The molecular weight excluding hydrogens is 272 g/mol. The summed E-state index contributed by atoms with van der Waals surface area (Å²) < 4.78 is 6.02. The van der Waals surface area contributed by atoms with Crippen LogP contribution >= 0.6 is 0 Å². The molecule has 4 saturated carbocycles. The summed E-state index contributed by atoms with van der Waals surface area (Å²) in [4.78, 5) is 0. The largest absolute Gasteiger partial charge is 0.396 e. The van der Waals surface area contributed by atoms with Crippen molar-refractivity contribution in [1.29, 1.82) is 0 Å². The SMILES string of the molecule is CC12CCC3C(CCC4CCCCC43CO)C1CC[C@@]21CO1. The quantitative estimate of drug-likeness (QED) is 0.738. The standard InChI is InChI=1S/C20H32O2/c1-18-10-7-17-15(16(18)8-11-20(18)13-22-20)6-5-14-4-2-3-9-19(14,17)12-21/h14-17,21H,2-13H2,1H3/t14?,15?,16?,17?,18?,19?,20-/m1/s1. The van der Waals surface area contributed by atoms with Gasteiger partial charge in [0.2, 0.25) is 0 Å². The number of aliphatic hydroxyl groups is 1. The Hall–Kier alpha value is -0.0800. The normalized spacial score (nSPS) is 59.7. The van der Waals surface area contributed by atoms with Crippen molar-refractivity contribution in [2.45, 2.75) is 76.7 Å². The van der Waals surface area contributed by atoms with Gasteiger partial charge < -0.3 is 9.84 Å². The topological polar surface area (TPSA) is 32.8 Å². The lowest BCUT2D eigenvalue weighted by Crippen LogP contribution is -2.56. The molecule has 5 aliphatic rings. The summed E-state index contributed by atoms with van der Waals surface area (Å²) in [7, 11) is 0. The maximum atomic E-state index is 10.4. The van der Waals surface area contributed by atoms with E-state index in [1.807, 2.05) is 0 Å². The summed E-state index contributed by atoms with van der Waals surface area (Å²) in [5.74, 6) is 3.39. The van der Waals surface area contributed by atoms with Crippen LogP contribution in [0, 0.1) is 34.5 Å². The van der Waals surface area contributed by atoms with Gasteiger partial charge in [-0.2, -0.15) is 0 Å². The first-order chi connectivity index (χ1) is 10.7. The van der Waals surface area contributed by atoms with Crippen LogP contribution in [-0.4, -0.2) is 23.9 Å². The molecule has 5 fully saturated rings. The predicted molar refractivity (Wildman–Crippen MR) is 86.4 cm³/mol. The van der Waals surface area contributed by atoms with Crippen molar-refractivity contribution < 1.29 is 9.84 Å². The average molecular weight is 304 g/mol. The zero-order valence-corrected chi connectivity index (χ0v) is 14.2. The monoisotopic (exact) mass is 304 g/mol. The number of hydrogen-bond acceptors (Lipinski definition) is 2. The van der Waals surface area contributed by atoms with Crippen LogP contribution in [0.3, 0.4) is 0 Å². The Morgan fingerprint density at radius 3 is 2.55 bits per heavy atom. The van der Waals surface area contributed by atoms with Gasteiger partial charge in [0.05, 0.1) is 12.2 Å². The molecule has 7 atom stereocenters. The highest BCUT2D eigenvalue weighted by Crippen LogP contribution is 2.71. The Morgan fingerprint density at radius 2 is 1.77 bits per heavy atom. The molecule has 6 unspecified atom stereocenters. The van der Waals surface area contributed by atoms with Crippen LogP contribution in [0.2, 0.25) is 0 Å². The van der Waals surface area contributed by atoms with Crippen LogP contribution in [0.25, 0.3) is 0 Å². The lowest BCUT2D eigenvalue weighted by molar-refractivity contribution is -0.141. The third-order valence-electron chi connectivity index (χ3n) is 9.36. The van der Waals surface area contributed by atoms with Crippen molar-refractivity contribution in [3.8, 4) is 0 Å². The zero-order chi connectivity index (χ0) is 15.0. The van der Waals surface area contributed by atoms with E-state index in [2.05, 4.69) is 6.92 Å². The van der Waals surface area contributed by atoms with Gasteiger partial charge in [-0.25, -0.2) is 0 Å². The van der Waals surface area contributed by atoms with Crippen LogP contribution in [0.4, 0.5) is 0 Å². The Morgan fingerprint density at radius 1 is 0.955 bits per heavy atom. The number of hydrogen-bond donors (Lipinski definition) is 1. The van der Waals surface area contributed by atoms with E-state index in [1.165, 1.54) is 64.2 Å². The third-order valence-corrected chi connectivity index (χ3v) is 9.36. The van der Waals surface area contributed by atoms with Gasteiger partial charge in [0.15, 0.2) is 0 Å². The van der Waals surface area contributed by atoms with Crippen LogP contribution in [0.5, 0.6) is 0 Å². The zero-order valence-electron chi connectivity index (χ0n) is 14.2. The van der Waals surface area contributed by atoms with E-state index in [0.717, 1.165) is 30.3 Å². The van der Waals surface area contributed by atoms with Crippen molar-refractivity contribution >= 4 is 0 Å². The molecule has 0 bridgehead atoms. The number of aliphatic hydroxyl groups excluding tert-OH is 1. The number of epoxide rings is 1. The van der Waals surface area contributed by atoms with Gasteiger partial charge in [-0.1, -0.05) is 19.8 Å². The van der Waals surface area contributed by atoms with E-state index >= 15 is 0 Å². The molecule has 5 rings (SSSR count). The summed E-state index contributed by atoms with van der Waals surface area (Å²) in [5.41, 5.74) is 1.02. The van der Waals surface area contributed by atoms with Crippen LogP contribution in [0.1, 0.15) is 71.1 Å². The molecule has 0 aromatic carbocycles. The highest BCUT2D eigenvalue weighted by molar-refractivity contribution is 5.18. The molecule has 1 spiro atoms. The Labute approximate surface area is 135 Å². The minimum absolute atomic E-state index is 0.276. The lowest BCUT2D eigenvalue weighted by atomic mass is 9.44. The predicted octanol–water partition coefficient (Wildman–Crippen LogP) is 4.16.